The van der Waals surface area contributed by atoms with Gasteiger partial charge in [-0.3, -0.25) is 4.79 Å². The fourth-order valence-electron chi connectivity index (χ4n) is 15.4. The van der Waals surface area contributed by atoms with Crippen molar-refractivity contribution < 1.29 is 22.7 Å². The second-order valence-corrected chi connectivity index (χ2v) is 23.7. The highest BCUT2D eigenvalue weighted by molar-refractivity contribution is 7.91. The maximum absolute atomic E-state index is 14.0. The number of alkyl halides is 1. The van der Waals surface area contributed by atoms with Gasteiger partial charge >= 0.3 is 5.97 Å². The fraction of sp³-hybridized carbons (Fsp3) is 0.848. The van der Waals surface area contributed by atoms with Crippen molar-refractivity contribution in [3.8, 4) is 0 Å². The molecule has 7 rings (SSSR count). The van der Waals surface area contributed by atoms with E-state index in [0.717, 1.165) is 32.6 Å². The summed E-state index contributed by atoms with van der Waals surface area (Å²) in [4.78, 5) is 14.4. The number of aliphatic carboxylic acids is 1. The third-order valence-corrected chi connectivity index (χ3v) is 20.3. The molecular formula is C46H73FN2O4S. The van der Waals surface area contributed by atoms with Crippen molar-refractivity contribution in [3.05, 3.63) is 35.5 Å². The minimum atomic E-state index is -2.94. The third-order valence-electron chi connectivity index (χ3n) is 18.4. The van der Waals surface area contributed by atoms with Crippen molar-refractivity contribution >= 4 is 15.8 Å². The number of carboxylic acid groups (broad SMARTS) is 1. The molecule has 2 unspecified atom stereocenters. The van der Waals surface area contributed by atoms with Crippen LogP contribution in [0.3, 0.4) is 0 Å². The van der Waals surface area contributed by atoms with Crippen molar-refractivity contribution in [2.24, 2.45) is 68.0 Å². The molecule has 1 aliphatic heterocycles. The molecule has 1 saturated heterocycles. The van der Waals surface area contributed by atoms with Gasteiger partial charge in [0.05, 0.1) is 16.9 Å². The van der Waals surface area contributed by atoms with E-state index in [1.165, 1.54) is 68.1 Å². The molecule has 1 heterocycles. The predicted octanol–water partition coefficient (Wildman–Crippen LogP) is 9.29. The van der Waals surface area contributed by atoms with E-state index in [1.807, 2.05) is 0 Å². The van der Waals surface area contributed by atoms with Crippen molar-refractivity contribution in [2.75, 3.05) is 50.9 Å². The Bertz CT molecular complexity index is 1670. The van der Waals surface area contributed by atoms with Gasteiger partial charge in [-0.1, -0.05) is 65.8 Å². The number of sulfone groups is 1. The van der Waals surface area contributed by atoms with Crippen LogP contribution in [0, 0.1) is 68.0 Å². The molecule has 6 nitrogen and oxygen atoms in total. The van der Waals surface area contributed by atoms with Gasteiger partial charge in [0.1, 0.15) is 6.67 Å². The van der Waals surface area contributed by atoms with Crippen LogP contribution in [0.1, 0.15) is 126 Å². The highest BCUT2D eigenvalue weighted by Gasteiger charge is 2.70. The minimum Gasteiger partial charge on any atom is -0.481 e. The fourth-order valence-corrected chi connectivity index (χ4v) is 17.1. The summed E-state index contributed by atoms with van der Waals surface area (Å²) in [6, 6.07) is 0. The third kappa shape index (κ3) is 6.36. The Morgan fingerprint density at radius 1 is 0.981 bits per heavy atom. The number of nitrogens with one attached hydrogen (secondary N) is 1. The number of hydrogen-bond donors (Lipinski definition) is 2. The van der Waals surface area contributed by atoms with E-state index in [9.17, 15) is 22.7 Å². The van der Waals surface area contributed by atoms with Crippen LogP contribution in [0.4, 0.5) is 4.39 Å². The van der Waals surface area contributed by atoms with Crippen LogP contribution in [0.5, 0.6) is 0 Å². The Labute approximate surface area is 327 Å². The van der Waals surface area contributed by atoms with Gasteiger partial charge in [-0.15, -0.1) is 0 Å². The summed E-state index contributed by atoms with van der Waals surface area (Å²) < 4.78 is 38.8. The van der Waals surface area contributed by atoms with Crippen LogP contribution in [-0.2, 0) is 14.6 Å². The second-order valence-electron chi connectivity index (χ2n) is 21.4. The maximum Gasteiger partial charge on any atom is 0.312 e. The lowest BCUT2D eigenvalue weighted by Gasteiger charge is -2.72. The van der Waals surface area contributed by atoms with Gasteiger partial charge in [-0.25, -0.2) is 12.8 Å². The molecular weight excluding hydrogens is 696 g/mol. The molecule has 0 aromatic carbocycles. The summed E-state index contributed by atoms with van der Waals surface area (Å²) in [7, 11) is -2.94. The van der Waals surface area contributed by atoms with Gasteiger partial charge in [0.25, 0.3) is 0 Å². The molecule has 0 aromatic rings. The van der Waals surface area contributed by atoms with Crippen molar-refractivity contribution in [3.63, 3.8) is 0 Å². The van der Waals surface area contributed by atoms with Gasteiger partial charge < -0.3 is 15.3 Å². The highest BCUT2D eigenvalue weighted by Crippen LogP contribution is 2.77. The zero-order valence-electron chi connectivity index (χ0n) is 34.9. The Kier molecular flexibility index (Phi) is 10.6. The lowest BCUT2D eigenvalue weighted by molar-refractivity contribution is -0.226. The van der Waals surface area contributed by atoms with E-state index in [4.69, 9.17) is 0 Å². The first-order valence-electron chi connectivity index (χ1n) is 21.8. The monoisotopic (exact) mass is 769 g/mol. The predicted molar refractivity (Wildman–Crippen MR) is 218 cm³/mol. The smallest absolute Gasteiger partial charge is 0.312 e. The van der Waals surface area contributed by atoms with Crippen molar-refractivity contribution in [1.82, 2.24) is 10.2 Å². The van der Waals surface area contributed by atoms with E-state index in [0.29, 0.717) is 60.1 Å². The Hall–Kier alpha value is -1.51. The molecule has 2 N–H and O–H groups in total. The number of fused-ring (bicyclic) bond motifs is 7. The second kappa shape index (κ2) is 14.1. The number of nitrogens with zero attached hydrogens (tertiary/aromatic N) is 1. The summed E-state index contributed by atoms with van der Waals surface area (Å²) in [5.41, 5.74) is 3.83. The topological polar surface area (TPSA) is 86.7 Å². The molecule has 7 aliphatic rings. The SMILES string of the molecule is C=C(C)[C@@H]1CCC2(CNCCN3CCS(=O)(=O)CC(C)C3)CC[C@]3(C)[C@H](CC[C@@H]4[C@@]5(C)CC=C(C6=CC[C@](CF)(C(=O)O)CC6)C(C)(C)[C@@H]5CC[C@]43C)[C@@H]12. The number of rotatable bonds is 9. The first kappa shape index (κ1) is 40.7. The van der Waals surface area contributed by atoms with E-state index in [1.54, 1.807) is 0 Å². The number of halogens is 1. The molecule has 0 bridgehead atoms. The van der Waals surface area contributed by atoms with E-state index < -0.39 is 27.9 Å². The molecule has 304 valence electrons. The van der Waals surface area contributed by atoms with Gasteiger partial charge in [0, 0.05) is 32.7 Å². The number of allylic oxidation sites excluding steroid dienone is 5. The van der Waals surface area contributed by atoms with E-state index in [2.05, 4.69) is 77.4 Å². The van der Waals surface area contributed by atoms with E-state index >= 15 is 0 Å². The van der Waals surface area contributed by atoms with E-state index in [-0.39, 0.29) is 39.8 Å². The summed E-state index contributed by atoms with van der Waals surface area (Å²) in [6.07, 6.45) is 17.2. The summed E-state index contributed by atoms with van der Waals surface area (Å²) in [5, 5.41) is 13.8. The van der Waals surface area contributed by atoms with Crippen LogP contribution < -0.4 is 5.32 Å². The first-order valence-corrected chi connectivity index (χ1v) is 23.6. The normalized spacial score (nSPS) is 45.8. The molecule has 54 heavy (non-hydrogen) atoms. The van der Waals surface area contributed by atoms with Crippen LogP contribution >= 0.6 is 0 Å². The first-order chi connectivity index (χ1) is 25.3. The van der Waals surface area contributed by atoms with Crippen molar-refractivity contribution in [1.29, 1.82) is 0 Å². The molecule has 8 heteroatoms. The molecule has 11 atom stereocenters. The largest absolute Gasteiger partial charge is 0.481 e. The Balaban J connectivity index is 1.10. The zero-order chi connectivity index (χ0) is 39.1. The van der Waals surface area contributed by atoms with Crippen LogP contribution in [0.2, 0.25) is 0 Å². The summed E-state index contributed by atoms with van der Waals surface area (Å²) >= 11 is 0. The Morgan fingerprint density at radius 2 is 1.74 bits per heavy atom. The van der Waals surface area contributed by atoms with Gasteiger partial charge in [0.2, 0.25) is 0 Å². The Morgan fingerprint density at radius 3 is 2.41 bits per heavy atom. The number of hydrogen-bond acceptors (Lipinski definition) is 5. The number of carbonyl (C=O) groups is 1. The lowest BCUT2D eigenvalue weighted by Crippen LogP contribution is -2.66. The molecule has 0 aromatic heterocycles. The summed E-state index contributed by atoms with van der Waals surface area (Å²) in [6.45, 7) is 25.6. The summed E-state index contributed by atoms with van der Waals surface area (Å²) in [5.74, 6) is 2.94. The van der Waals surface area contributed by atoms with Crippen LogP contribution in [-0.4, -0.2) is 75.3 Å². The molecule has 4 saturated carbocycles. The van der Waals surface area contributed by atoms with Crippen LogP contribution in [0.15, 0.2) is 35.5 Å². The van der Waals surface area contributed by atoms with Gasteiger partial charge in [-0.2, -0.15) is 0 Å². The molecule has 6 aliphatic carbocycles. The maximum atomic E-state index is 14.0. The van der Waals surface area contributed by atoms with Crippen LogP contribution in [0.25, 0.3) is 0 Å². The number of carboxylic acids is 1. The molecule has 0 radical (unpaired) electrons. The van der Waals surface area contributed by atoms with Gasteiger partial charge in [0.15, 0.2) is 9.84 Å². The standard InChI is InChI=1S/C46H73FN2O4S/c1-31(2)34-13-20-46(30-48-23-24-49-25-26-54(52,53)28-32(3)27-49)22-21-43(7)36(39(34)46)9-10-38-42(6)16-14-35(41(4,5)37(42)15-17-44(38,43)8)33-11-18-45(29-47,19-12-33)40(50)51/h11,14,32,34,36-39,48H,1,9-10,12-13,15-30H2,2-8H3,(H,50,51)/t32?,34-,36+,37-,38+,39+,42-,43+,44+,45-,46?/m0/s1. The molecule has 0 spiro atoms. The quantitative estimate of drug-likeness (QED) is 0.180. The average Bonchev–Trinajstić information content (AvgIpc) is 3.42. The lowest BCUT2D eigenvalue weighted by atomic mass is 9.32. The zero-order valence-corrected chi connectivity index (χ0v) is 35.7. The van der Waals surface area contributed by atoms with Crippen molar-refractivity contribution in [2.45, 2.75) is 126 Å². The molecule has 0 amide bonds. The molecule has 5 fully saturated rings. The van der Waals surface area contributed by atoms with Gasteiger partial charge in [-0.05, 0) is 158 Å². The minimum absolute atomic E-state index is 0.0135. The average molecular weight is 769 g/mol. The highest BCUT2D eigenvalue weighted by atomic mass is 32.2.